The van der Waals surface area contributed by atoms with E-state index in [0.717, 1.165) is 41.8 Å². The van der Waals surface area contributed by atoms with Crippen LogP contribution in [0.25, 0.3) is 0 Å². The molecule has 0 saturated carbocycles. The molecule has 0 bridgehead atoms. The molecule has 0 aliphatic carbocycles. The van der Waals surface area contributed by atoms with Crippen LogP contribution >= 0.6 is 15.9 Å². The van der Waals surface area contributed by atoms with Crippen LogP contribution in [0.4, 0.5) is 0 Å². The lowest BCUT2D eigenvalue weighted by Gasteiger charge is -2.17. The Morgan fingerprint density at radius 1 is 1.24 bits per heavy atom. The first-order valence-corrected chi connectivity index (χ1v) is 7.23. The van der Waals surface area contributed by atoms with Crippen LogP contribution in [-0.4, -0.2) is 13.7 Å². The van der Waals surface area contributed by atoms with Crippen LogP contribution in [0.2, 0.25) is 0 Å². The van der Waals surface area contributed by atoms with E-state index in [2.05, 4.69) is 35.8 Å². The van der Waals surface area contributed by atoms with Crippen molar-refractivity contribution in [3.63, 3.8) is 0 Å². The van der Waals surface area contributed by atoms with Gasteiger partial charge in [0.05, 0.1) is 13.7 Å². The summed E-state index contributed by atoms with van der Waals surface area (Å²) in [5.41, 5.74) is 1.13. The maximum absolute atomic E-state index is 5.94. The highest BCUT2D eigenvalue weighted by Crippen LogP contribution is 2.33. The predicted octanol–water partition coefficient (Wildman–Crippen LogP) is 4.41. The summed E-state index contributed by atoms with van der Waals surface area (Å²) >= 11 is 3.48. The summed E-state index contributed by atoms with van der Waals surface area (Å²) in [5.74, 6) is 2.30. The van der Waals surface area contributed by atoms with Crippen molar-refractivity contribution in [1.29, 1.82) is 0 Å². The van der Waals surface area contributed by atoms with Crippen molar-refractivity contribution in [1.82, 2.24) is 0 Å². The lowest BCUT2D eigenvalue weighted by molar-refractivity contribution is 0.229. The number of hydrogen-bond acceptors (Lipinski definition) is 2. The highest BCUT2D eigenvalue weighted by molar-refractivity contribution is 9.08. The van der Waals surface area contributed by atoms with Gasteiger partial charge < -0.3 is 9.47 Å². The van der Waals surface area contributed by atoms with Gasteiger partial charge >= 0.3 is 0 Å². The summed E-state index contributed by atoms with van der Waals surface area (Å²) in [4.78, 5) is 0. The van der Waals surface area contributed by atoms with E-state index in [9.17, 15) is 0 Å². The van der Waals surface area contributed by atoms with Crippen molar-refractivity contribution < 1.29 is 9.47 Å². The number of ether oxygens (including phenoxy) is 2. The Kier molecular flexibility index (Phi) is 6.41. The van der Waals surface area contributed by atoms with Crippen molar-refractivity contribution in [2.45, 2.75) is 32.0 Å². The minimum absolute atomic E-state index is 0.614. The number of alkyl halides is 1. The first-order valence-electron chi connectivity index (χ1n) is 6.11. The molecule has 0 atom stereocenters. The van der Waals surface area contributed by atoms with Crippen molar-refractivity contribution >= 4 is 15.9 Å². The molecule has 0 saturated heterocycles. The molecular weight excluding hydrogens is 280 g/mol. The average Bonchev–Trinajstić information content (AvgIpc) is 2.39. The van der Waals surface area contributed by atoms with Crippen molar-refractivity contribution in [2.75, 3.05) is 13.7 Å². The summed E-state index contributed by atoms with van der Waals surface area (Å²) in [6.07, 6.45) is 2.30. The van der Waals surface area contributed by atoms with E-state index < -0.39 is 0 Å². The number of halogens is 1. The minimum Gasteiger partial charge on any atom is -0.493 e. The van der Waals surface area contributed by atoms with E-state index in [0.29, 0.717) is 5.92 Å². The van der Waals surface area contributed by atoms with E-state index in [1.165, 1.54) is 0 Å². The zero-order valence-electron chi connectivity index (χ0n) is 10.8. The second kappa shape index (κ2) is 7.59. The summed E-state index contributed by atoms with van der Waals surface area (Å²) in [5, 5.41) is 0.780. The van der Waals surface area contributed by atoms with Crippen LogP contribution in [0.3, 0.4) is 0 Å². The van der Waals surface area contributed by atoms with E-state index in [1.54, 1.807) is 7.11 Å². The summed E-state index contributed by atoms with van der Waals surface area (Å²) in [7, 11) is 1.68. The molecule has 0 spiro atoms. The molecular formula is C14H21BrO2. The lowest BCUT2D eigenvalue weighted by Crippen LogP contribution is -2.11. The van der Waals surface area contributed by atoms with Gasteiger partial charge in [-0.2, -0.15) is 0 Å². The third kappa shape index (κ3) is 3.91. The third-order valence-corrected chi connectivity index (χ3v) is 3.65. The van der Waals surface area contributed by atoms with E-state index in [1.807, 2.05) is 12.1 Å². The third-order valence-electron chi connectivity index (χ3n) is 3.04. The van der Waals surface area contributed by atoms with E-state index in [4.69, 9.17) is 9.47 Å². The normalized spacial score (nSPS) is 10.6. The number of rotatable bonds is 7. The topological polar surface area (TPSA) is 18.5 Å². The fourth-order valence-electron chi connectivity index (χ4n) is 1.72. The van der Waals surface area contributed by atoms with E-state index >= 15 is 0 Å². The number of methoxy groups -OCH3 is 1. The molecule has 0 heterocycles. The van der Waals surface area contributed by atoms with Crippen LogP contribution < -0.4 is 9.47 Å². The quantitative estimate of drug-likeness (QED) is 0.695. The molecule has 0 aromatic heterocycles. The number of hydrogen-bond donors (Lipinski definition) is 0. The molecule has 2 nitrogen and oxygen atoms in total. The van der Waals surface area contributed by atoms with Crippen LogP contribution in [0, 0.1) is 5.92 Å². The van der Waals surface area contributed by atoms with E-state index in [-0.39, 0.29) is 0 Å². The molecule has 0 aliphatic heterocycles. The predicted molar refractivity (Wildman–Crippen MR) is 75.2 cm³/mol. The second-order valence-corrected chi connectivity index (χ2v) is 4.64. The monoisotopic (exact) mass is 300 g/mol. The van der Waals surface area contributed by atoms with Gasteiger partial charge in [0.25, 0.3) is 0 Å². The molecule has 0 fully saturated rings. The van der Waals surface area contributed by atoms with Crippen LogP contribution in [0.1, 0.15) is 32.3 Å². The van der Waals surface area contributed by atoms with Gasteiger partial charge in [-0.05, 0) is 12.0 Å². The highest BCUT2D eigenvalue weighted by atomic mass is 79.9. The lowest BCUT2D eigenvalue weighted by atomic mass is 10.1. The fraction of sp³-hybridized carbons (Fsp3) is 0.571. The molecule has 0 radical (unpaired) electrons. The maximum Gasteiger partial charge on any atom is 0.165 e. The minimum atomic E-state index is 0.614. The average molecular weight is 301 g/mol. The summed E-state index contributed by atoms with van der Waals surface area (Å²) < 4.78 is 11.3. The zero-order chi connectivity index (χ0) is 12.7. The molecule has 1 rings (SSSR count). The molecule has 0 unspecified atom stereocenters. The molecule has 1 aromatic carbocycles. The van der Waals surface area contributed by atoms with Gasteiger partial charge in [0.15, 0.2) is 11.5 Å². The zero-order valence-corrected chi connectivity index (χ0v) is 12.4. The Morgan fingerprint density at radius 2 is 1.94 bits per heavy atom. The number of benzene rings is 1. The summed E-state index contributed by atoms with van der Waals surface area (Å²) in [6.45, 7) is 5.16. The Bertz CT molecular complexity index is 313. The van der Waals surface area contributed by atoms with Crippen LogP contribution in [0.15, 0.2) is 18.2 Å². The highest BCUT2D eigenvalue weighted by Gasteiger charge is 2.12. The SMILES string of the molecule is CCC(CC)COc1c(CBr)cccc1OC. The van der Waals surface area contributed by atoms with Crippen molar-refractivity contribution in [2.24, 2.45) is 5.92 Å². The van der Waals surface area contributed by atoms with Gasteiger partial charge in [0.1, 0.15) is 0 Å². The van der Waals surface area contributed by atoms with Gasteiger partial charge in [-0.25, -0.2) is 0 Å². The van der Waals surface area contributed by atoms with Crippen LogP contribution in [0.5, 0.6) is 11.5 Å². The molecule has 0 aliphatic rings. The molecule has 1 aromatic rings. The van der Waals surface area contributed by atoms with Gasteiger partial charge in [-0.3, -0.25) is 0 Å². The van der Waals surface area contributed by atoms with Crippen molar-refractivity contribution in [3.05, 3.63) is 23.8 Å². The van der Waals surface area contributed by atoms with Gasteiger partial charge in [-0.1, -0.05) is 54.8 Å². The Hall–Kier alpha value is -0.700. The van der Waals surface area contributed by atoms with Crippen LogP contribution in [-0.2, 0) is 5.33 Å². The van der Waals surface area contributed by atoms with Gasteiger partial charge in [0, 0.05) is 10.9 Å². The van der Waals surface area contributed by atoms with Crippen molar-refractivity contribution in [3.8, 4) is 11.5 Å². The fourth-order valence-corrected chi connectivity index (χ4v) is 2.16. The Labute approximate surface area is 112 Å². The second-order valence-electron chi connectivity index (χ2n) is 4.08. The van der Waals surface area contributed by atoms with Gasteiger partial charge in [-0.15, -0.1) is 0 Å². The standard InChI is InChI=1S/C14H21BrO2/c1-4-11(5-2)10-17-14-12(9-15)7-6-8-13(14)16-3/h6-8,11H,4-5,9-10H2,1-3H3. The largest absolute Gasteiger partial charge is 0.493 e. The molecule has 17 heavy (non-hydrogen) atoms. The molecule has 0 amide bonds. The maximum atomic E-state index is 5.94. The molecule has 3 heteroatoms. The first-order chi connectivity index (χ1) is 8.26. The number of para-hydroxylation sites is 1. The molecule has 0 N–H and O–H groups in total. The first kappa shape index (κ1) is 14.4. The smallest absolute Gasteiger partial charge is 0.165 e. The Balaban J connectivity index is 2.80. The summed E-state index contributed by atoms with van der Waals surface area (Å²) in [6, 6.07) is 5.98. The van der Waals surface area contributed by atoms with Gasteiger partial charge in [0.2, 0.25) is 0 Å². The molecule has 96 valence electrons. The Morgan fingerprint density at radius 3 is 2.47 bits per heavy atom.